The van der Waals surface area contributed by atoms with E-state index in [1.165, 1.54) is 20.7 Å². The van der Waals surface area contributed by atoms with Gasteiger partial charge in [0.15, 0.2) is 25.3 Å². The summed E-state index contributed by atoms with van der Waals surface area (Å²) in [6, 6.07) is 48.9. The molecule has 5 nitrogen and oxygen atoms in total. The standard InChI is InChI=1S/C38H25ClN4OSi/c39-38-42-36(41-37(43-38)32-24-40-25-34-35(32)31-21-10-11-22-33(31)44-34)26-13-12-20-30(23-26)45(27-14-4-1-5-15-27,28-16-6-2-7-17-28)29-18-8-3-9-19-29/h1-25H. The minimum atomic E-state index is -2.74. The second kappa shape index (κ2) is 11.2. The van der Waals surface area contributed by atoms with Crippen LogP contribution in [-0.2, 0) is 0 Å². The molecular formula is C38H25ClN4OSi. The molecule has 0 bridgehead atoms. The number of rotatable bonds is 6. The summed E-state index contributed by atoms with van der Waals surface area (Å²) >= 11 is 6.61. The summed E-state index contributed by atoms with van der Waals surface area (Å²) in [5.41, 5.74) is 3.03. The van der Waals surface area contributed by atoms with Crippen LogP contribution in [0.3, 0.4) is 0 Å². The lowest BCUT2D eigenvalue weighted by Gasteiger charge is -2.34. The number of hydrogen-bond acceptors (Lipinski definition) is 5. The van der Waals surface area contributed by atoms with Crippen molar-refractivity contribution in [1.29, 1.82) is 0 Å². The first kappa shape index (κ1) is 27.1. The van der Waals surface area contributed by atoms with Crippen LogP contribution in [-0.4, -0.2) is 28.0 Å². The molecule has 0 saturated carbocycles. The molecule has 0 aliphatic rings. The van der Waals surface area contributed by atoms with Crippen LogP contribution in [0.15, 0.2) is 156 Å². The Kier molecular flexibility index (Phi) is 6.78. The van der Waals surface area contributed by atoms with E-state index in [1.807, 2.05) is 30.3 Å². The predicted molar refractivity (Wildman–Crippen MR) is 184 cm³/mol. The topological polar surface area (TPSA) is 64.7 Å². The summed E-state index contributed by atoms with van der Waals surface area (Å²) in [6.45, 7) is 0. The van der Waals surface area contributed by atoms with Gasteiger partial charge in [0.25, 0.3) is 0 Å². The van der Waals surface area contributed by atoms with Gasteiger partial charge < -0.3 is 4.42 Å². The number of pyridine rings is 1. The average Bonchev–Trinajstić information content (AvgIpc) is 3.49. The van der Waals surface area contributed by atoms with Crippen molar-refractivity contribution in [2.75, 3.05) is 0 Å². The maximum Gasteiger partial charge on any atom is 0.226 e. The van der Waals surface area contributed by atoms with E-state index in [2.05, 4.69) is 124 Å². The van der Waals surface area contributed by atoms with Gasteiger partial charge in [-0.1, -0.05) is 133 Å². The van der Waals surface area contributed by atoms with Crippen molar-refractivity contribution in [2.24, 2.45) is 0 Å². The molecule has 214 valence electrons. The van der Waals surface area contributed by atoms with Crippen molar-refractivity contribution >= 4 is 62.4 Å². The van der Waals surface area contributed by atoms with Crippen molar-refractivity contribution in [3.63, 3.8) is 0 Å². The number of hydrogen-bond donors (Lipinski definition) is 0. The summed E-state index contributed by atoms with van der Waals surface area (Å²) in [7, 11) is -2.74. The molecule has 0 aliphatic heterocycles. The van der Waals surface area contributed by atoms with Crippen molar-refractivity contribution in [2.45, 2.75) is 0 Å². The van der Waals surface area contributed by atoms with Crippen molar-refractivity contribution in [3.05, 3.63) is 157 Å². The number of nitrogens with zero attached hydrogens (tertiary/aromatic N) is 4. The van der Waals surface area contributed by atoms with Crippen LogP contribution in [0.1, 0.15) is 0 Å². The molecule has 0 atom stereocenters. The van der Waals surface area contributed by atoms with Gasteiger partial charge >= 0.3 is 0 Å². The maximum absolute atomic E-state index is 6.61. The highest BCUT2D eigenvalue weighted by Gasteiger charge is 2.41. The fourth-order valence-corrected chi connectivity index (χ4v) is 11.4. The number of halogens is 1. The Morgan fingerprint density at radius 1 is 0.511 bits per heavy atom. The zero-order valence-corrected chi connectivity index (χ0v) is 25.8. The fraction of sp³-hybridized carbons (Fsp3) is 0. The molecule has 0 radical (unpaired) electrons. The Labute approximate surface area is 265 Å². The summed E-state index contributed by atoms with van der Waals surface area (Å²) in [4.78, 5) is 18.6. The van der Waals surface area contributed by atoms with Gasteiger partial charge in [-0.25, -0.2) is 4.98 Å². The fourth-order valence-electron chi connectivity index (χ4n) is 6.40. The Bertz CT molecular complexity index is 2200. The third-order valence-electron chi connectivity index (χ3n) is 8.31. The number of fused-ring (bicyclic) bond motifs is 3. The highest BCUT2D eigenvalue weighted by atomic mass is 35.5. The van der Waals surface area contributed by atoms with E-state index in [-0.39, 0.29) is 5.28 Å². The van der Waals surface area contributed by atoms with E-state index in [0.717, 1.165) is 27.5 Å². The first-order chi connectivity index (χ1) is 22.2. The predicted octanol–water partition coefficient (Wildman–Crippen LogP) is 6.53. The normalized spacial score (nSPS) is 11.7. The van der Waals surface area contributed by atoms with Gasteiger partial charge in [-0.15, -0.1) is 0 Å². The van der Waals surface area contributed by atoms with Crippen LogP contribution in [0.2, 0.25) is 5.28 Å². The van der Waals surface area contributed by atoms with Crippen molar-refractivity contribution in [3.8, 4) is 22.8 Å². The third-order valence-corrected chi connectivity index (χ3v) is 13.3. The first-order valence-electron chi connectivity index (χ1n) is 14.7. The molecule has 3 aromatic heterocycles. The monoisotopic (exact) mass is 616 g/mol. The molecule has 45 heavy (non-hydrogen) atoms. The van der Waals surface area contributed by atoms with Gasteiger partial charge in [0.05, 0.1) is 6.20 Å². The van der Waals surface area contributed by atoms with Crippen LogP contribution in [0.5, 0.6) is 0 Å². The molecule has 5 aromatic carbocycles. The van der Waals surface area contributed by atoms with Gasteiger partial charge in [-0.05, 0) is 38.4 Å². The van der Waals surface area contributed by atoms with Crippen LogP contribution < -0.4 is 20.7 Å². The SMILES string of the molecule is Clc1nc(-c2cccc([Si](c3ccccc3)(c3ccccc3)c3ccccc3)c2)nc(-c2cncc3oc4ccccc4c23)n1. The molecule has 0 saturated heterocycles. The quantitative estimate of drug-likeness (QED) is 0.157. The zero-order chi connectivity index (χ0) is 30.2. The van der Waals surface area contributed by atoms with E-state index < -0.39 is 8.07 Å². The van der Waals surface area contributed by atoms with E-state index in [4.69, 9.17) is 21.0 Å². The van der Waals surface area contributed by atoms with Gasteiger partial charge in [0.1, 0.15) is 5.58 Å². The van der Waals surface area contributed by atoms with E-state index in [9.17, 15) is 0 Å². The minimum absolute atomic E-state index is 0.114. The van der Waals surface area contributed by atoms with Gasteiger partial charge in [0.2, 0.25) is 5.28 Å². The Hall–Kier alpha value is -5.43. The molecule has 0 unspecified atom stereocenters. The molecule has 7 heteroatoms. The zero-order valence-electron chi connectivity index (χ0n) is 24.0. The molecule has 8 rings (SSSR count). The molecule has 0 aliphatic carbocycles. The molecular weight excluding hydrogens is 592 g/mol. The molecule has 8 aromatic rings. The minimum Gasteiger partial charge on any atom is -0.454 e. The summed E-state index contributed by atoms with van der Waals surface area (Å²) in [6.07, 6.45) is 3.47. The van der Waals surface area contributed by atoms with E-state index in [0.29, 0.717) is 17.2 Å². The Balaban J connectivity index is 1.35. The Morgan fingerprint density at radius 2 is 1.09 bits per heavy atom. The third kappa shape index (κ3) is 4.63. The second-order valence-corrected chi connectivity index (χ2v) is 15.0. The van der Waals surface area contributed by atoms with Crippen LogP contribution in [0.4, 0.5) is 0 Å². The summed E-state index contributed by atoms with van der Waals surface area (Å²) in [5.74, 6) is 0.937. The molecule has 0 fully saturated rings. The number of furan rings is 1. The summed E-state index contributed by atoms with van der Waals surface area (Å²) in [5, 5.41) is 7.06. The van der Waals surface area contributed by atoms with Crippen LogP contribution >= 0.6 is 11.6 Å². The maximum atomic E-state index is 6.61. The Morgan fingerprint density at radius 3 is 1.76 bits per heavy atom. The van der Waals surface area contributed by atoms with Crippen molar-refractivity contribution < 1.29 is 4.42 Å². The molecule has 0 spiro atoms. The van der Waals surface area contributed by atoms with E-state index >= 15 is 0 Å². The summed E-state index contributed by atoms with van der Waals surface area (Å²) < 4.78 is 6.08. The number of aromatic nitrogens is 4. The van der Waals surface area contributed by atoms with Gasteiger partial charge in [0, 0.05) is 28.1 Å². The smallest absolute Gasteiger partial charge is 0.226 e. The lowest BCUT2D eigenvalue weighted by Crippen LogP contribution is -2.74. The second-order valence-electron chi connectivity index (χ2n) is 10.8. The van der Waals surface area contributed by atoms with Crippen LogP contribution in [0, 0.1) is 0 Å². The highest BCUT2D eigenvalue weighted by molar-refractivity contribution is 7.19. The molecule has 0 N–H and O–H groups in total. The first-order valence-corrected chi connectivity index (χ1v) is 17.0. The molecule has 0 amide bonds. The van der Waals surface area contributed by atoms with Gasteiger partial charge in [-0.3, -0.25) is 4.98 Å². The lowest BCUT2D eigenvalue weighted by atomic mass is 10.1. The highest BCUT2D eigenvalue weighted by Crippen LogP contribution is 2.35. The number of benzene rings is 5. The number of para-hydroxylation sites is 1. The molecule has 3 heterocycles. The largest absolute Gasteiger partial charge is 0.454 e. The van der Waals surface area contributed by atoms with E-state index in [1.54, 1.807) is 12.4 Å². The van der Waals surface area contributed by atoms with Gasteiger partial charge in [-0.2, -0.15) is 9.97 Å². The van der Waals surface area contributed by atoms with Crippen molar-refractivity contribution in [1.82, 2.24) is 19.9 Å². The average molecular weight is 617 g/mol. The van der Waals surface area contributed by atoms with Crippen LogP contribution in [0.25, 0.3) is 44.7 Å². The lowest BCUT2D eigenvalue weighted by molar-refractivity contribution is 0.667.